The van der Waals surface area contributed by atoms with Gasteiger partial charge in [0, 0.05) is 6.54 Å². The molecule has 1 fully saturated rings. The summed E-state index contributed by atoms with van der Waals surface area (Å²) in [6.45, 7) is 7.02. The first-order valence-corrected chi connectivity index (χ1v) is 6.60. The number of carbonyl (C=O) groups is 2. The summed E-state index contributed by atoms with van der Waals surface area (Å²) in [5.41, 5.74) is 0. The summed E-state index contributed by atoms with van der Waals surface area (Å²) >= 11 is 0. The molecule has 3 unspecified atom stereocenters. The standard InChI is InChI=1S/C13H23FN2O2/c1-5-9(4)11-12(17)15-10(8(2)3)13(18)16(11)7-6-14/h8-11H,5-7H2,1-4H3,(H,15,17). The van der Waals surface area contributed by atoms with Gasteiger partial charge in [0.2, 0.25) is 11.8 Å². The van der Waals surface area contributed by atoms with E-state index in [1.807, 2.05) is 27.7 Å². The van der Waals surface area contributed by atoms with Gasteiger partial charge in [0.25, 0.3) is 0 Å². The molecule has 0 radical (unpaired) electrons. The summed E-state index contributed by atoms with van der Waals surface area (Å²) in [5, 5.41) is 2.77. The predicted octanol–water partition coefficient (Wildman–Crippen LogP) is 1.35. The van der Waals surface area contributed by atoms with Crippen LogP contribution in [0, 0.1) is 11.8 Å². The zero-order chi connectivity index (χ0) is 13.9. The summed E-state index contributed by atoms with van der Waals surface area (Å²) in [4.78, 5) is 25.8. The normalized spacial score (nSPS) is 26.4. The van der Waals surface area contributed by atoms with Crippen molar-refractivity contribution in [3.8, 4) is 0 Å². The van der Waals surface area contributed by atoms with E-state index >= 15 is 0 Å². The molecule has 1 rings (SSSR count). The van der Waals surface area contributed by atoms with E-state index in [0.29, 0.717) is 0 Å². The van der Waals surface area contributed by atoms with Crippen molar-refractivity contribution in [2.45, 2.75) is 46.2 Å². The smallest absolute Gasteiger partial charge is 0.246 e. The quantitative estimate of drug-likeness (QED) is 0.809. The highest BCUT2D eigenvalue weighted by molar-refractivity contribution is 5.97. The van der Waals surface area contributed by atoms with Crippen LogP contribution in [-0.2, 0) is 9.59 Å². The van der Waals surface area contributed by atoms with Crippen LogP contribution in [-0.4, -0.2) is 42.0 Å². The van der Waals surface area contributed by atoms with E-state index in [2.05, 4.69) is 5.32 Å². The fourth-order valence-electron chi connectivity index (χ4n) is 2.34. The van der Waals surface area contributed by atoms with Crippen molar-refractivity contribution in [1.82, 2.24) is 10.2 Å². The molecule has 1 aliphatic rings. The molecule has 1 N–H and O–H groups in total. The fraction of sp³-hybridized carbons (Fsp3) is 0.846. The lowest BCUT2D eigenvalue weighted by Gasteiger charge is -2.42. The molecular formula is C13H23FN2O2. The maximum atomic E-state index is 12.6. The van der Waals surface area contributed by atoms with Crippen molar-refractivity contribution < 1.29 is 14.0 Å². The van der Waals surface area contributed by atoms with Gasteiger partial charge in [-0.25, -0.2) is 4.39 Å². The molecule has 4 nitrogen and oxygen atoms in total. The van der Waals surface area contributed by atoms with E-state index in [9.17, 15) is 14.0 Å². The van der Waals surface area contributed by atoms with Gasteiger partial charge in [-0.1, -0.05) is 34.1 Å². The molecule has 0 aromatic rings. The van der Waals surface area contributed by atoms with E-state index in [4.69, 9.17) is 0 Å². The minimum Gasteiger partial charge on any atom is -0.342 e. The van der Waals surface area contributed by atoms with Crippen molar-refractivity contribution in [2.75, 3.05) is 13.2 Å². The Morgan fingerprint density at radius 3 is 2.39 bits per heavy atom. The van der Waals surface area contributed by atoms with Crippen LogP contribution in [0.15, 0.2) is 0 Å². The molecule has 5 heteroatoms. The van der Waals surface area contributed by atoms with Gasteiger partial charge in [-0.2, -0.15) is 0 Å². The van der Waals surface area contributed by atoms with Crippen LogP contribution in [0.1, 0.15) is 34.1 Å². The first-order valence-electron chi connectivity index (χ1n) is 6.60. The minimum absolute atomic E-state index is 0.00444. The van der Waals surface area contributed by atoms with Gasteiger partial charge in [-0.05, 0) is 11.8 Å². The van der Waals surface area contributed by atoms with Crippen LogP contribution in [0.4, 0.5) is 4.39 Å². The molecule has 0 aliphatic carbocycles. The Balaban J connectivity index is 2.98. The molecule has 1 saturated heterocycles. The van der Waals surface area contributed by atoms with Crippen LogP contribution in [0.2, 0.25) is 0 Å². The van der Waals surface area contributed by atoms with Crippen LogP contribution in [0.25, 0.3) is 0 Å². The topological polar surface area (TPSA) is 49.4 Å². The van der Waals surface area contributed by atoms with Crippen LogP contribution >= 0.6 is 0 Å². The van der Waals surface area contributed by atoms with Gasteiger partial charge in [-0.3, -0.25) is 9.59 Å². The van der Waals surface area contributed by atoms with Gasteiger partial charge >= 0.3 is 0 Å². The first kappa shape index (κ1) is 14.9. The molecule has 3 atom stereocenters. The highest BCUT2D eigenvalue weighted by atomic mass is 19.1. The lowest BCUT2D eigenvalue weighted by Crippen LogP contribution is -2.66. The lowest BCUT2D eigenvalue weighted by atomic mass is 9.90. The SMILES string of the molecule is CCC(C)C1C(=O)NC(C(C)C)C(=O)N1CCF. The summed E-state index contributed by atoms with van der Waals surface area (Å²) in [5.74, 6) is -0.265. The molecule has 0 spiro atoms. The van der Waals surface area contributed by atoms with Gasteiger partial charge in [0.05, 0.1) is 0 Å². The molecule has 104 valence electrons. The number of nitrogens with one attached hydrogen (secondary N) is 1. The first-order chi connectivity index (χ1) is 8.43. The Morgan fingerprint density at radius 2 is 1.94 bits per heavy atom. The van der Waals surface area contributed by atoms with Crippen molar-refractivity contribution >= 4 is 11.8 Å². The van der Waals surface area contributed by atoms with Crippen LogP contribution < -0.4 is 5.32 Å². The molecule has 0 aromatic carbocycles. The molecule has 18 heavy (non-hydrogen) atoms. The number of hydrogen-bond donors (Lipinski definition) is 1. The van der Waals surface area contributed by atoms with Gasteiger partial charge < -0.3 is 10.2 Å². The minimum atomic E-state index is -0.614. The average molecular weight is 258 g/mol. The number of piperazine rings is 1. The van der Waals surface area contributed by atoms with Crippen molar-refractivity contribution in [1.29, 1.82) is 0 Å². The Bertz CT molecular complexity index is 320. The van der Waals surface area contributed by atoms with Gasteiger partial charge in [0.15, 0.2) is 0 Å². The zero-order valence-electron chi connectivity index (χ0n) is 11.6. The molecule has 1 aliphatic heterocycles. The molecule has 1 heterocycles. The summed E-state index contributed by atoms with van der Waals surface area (Å²) in [6, 6.07) is -1.06. The summed E-state index contributed by atoms with van der Waals surface area (Å²) in [7, 11) is 0. The monoisotopic (exact) mass is 258 g/mol. The maximum absolute atomic E-state index is 12.6. The van der Waals surface area contributed by atoms with Crippen molar-refractivity contribution in [3.05, 3.63) is 0 Å². The Hall–Kier alpha value is -1.13. The van der Waals surface area contributed by atoms with Crippen molar-refractivity contribution in [3.63, 3.8) is 0 Å². The molecular weight excluding hydrogens is 235 g/mol. The fourth-order valence-corrected chi connectivity index (χ4v) is 2.34. The number of halogens is 1. The second-order valence-corrected chi connectivity index (χ2v) is 5.28. The second kappa shape index (κ2) is 6.16. The van der Waals surface area contributed by atoms with Crippen LogP contribution in [0.5, 0.6) is 0 Å². The third kappa shape index (κ3) is 2.82. The number of alkyl halides is 1. The third-order valence-electron chi connectivity index (χ3n) is 3.63. The van der Waals surface area contributed by atoms with Gasteiger partial charge in [0.1, 0.15) is 18.8 Å². The molecule has 0 saturated carbocycles. The predicted molar refractivity (Wildman–Crippen MR) is 67.7 cm³/mol. The van der Waals surface area contributed by atoms with Crippen molar-refractivity contribution in [2.24, 2.45) is 11.8 Å². The molecule has 0 bridgehead atoms. The van der Waals surface area contributed by atoms with Crippen LogP contribution in [0.3, 0.4) is 0 Å². The average Bonchev–Trinajstić information content (AvgIpc) is 2.32. The lowest BCUT2D eigenvalue weighted by molar-refractivity contribution is -0.153. The molecule has 2 amide bonds. The highest BCUT2D eigenvalue weighted by Gasteiger charge is 2.43. The maximum Gasteiger partial charge on any atom is 0.246 e. The number of amides is 2. The van der Waals surface area contributed by atoms with E-state index in [0.717, 1.165) is 6.42 Å². The Kier molecular flexibility index (Phi) is 5.11. The molecule has 0 aromatic heterocycles. The highest BCUT2D eigenvalue weighted by Crippen LogP contribution is 2.22. The van der Waals surface area contributed by atoms with E-state index in [-0.39, 0.29) is 30.2 Å². The largest absolute Gasteiger partial charge is 0.342 e. The summed E-state index contributed by atoms with van der Waals surface area (Å²) in [6.07, 6.45) is 0.778. The number of nitrogens with zero attached hydrogens (tertiary/aromatic N) is 1. The van der Waals surface area contributed by atoms with Gasteiger partial charge in [-0.15, -0.1) is 0 Å². The Morgan fingerprint density at radius 1 is 1.33 bits per heavy atom. The number of carbonyl (C=O) groups excluding carboxylic acids is 2. The Labute approximate surface area is 108 Å². The summed E-state index contributed by atoms with van der Waals surface area (Å²) < 4.78 is 12.6. The number of rotatable bonds is 5. The number of hydrogen-bond acceptors (Lipinski definition) is 2. The van der Waals surface area contributed by atoms with E-state index in [1.54, 1.807) is 0 Å². The zero-order valence-corrected chi connectivity index (χ0v) is 11.6. The third-order valence-corrected chi connectivity index (χ3v) is 3.63. The second-order valence-electron chi connectivity index (χ2n) is 5.28. The van der Waals surface area contributed by atoms with E-state index < -0.39 is 18.8 Å². The van der Waals surface area contributed by atoms with E-state index in [1.165, 1.54) is 4.90 Å².